The zero-order valence-electron chi connectivity index (χ0n) is 26.4. The van der Waals surface area contributed by atoms with Crippen LogP contribution in [0.15, 0.2) is 60.0 Å². The summed E-state index contributed by atoms with van der Waals surface area (Å²) in [4.78, 5) is 36.8. The highest BCUT2D eigenvalue weighted by Gasteiger charge is 2.37. The smallest absolute Gasteiger partial charge is 0.434 e. The Morgan fingerprint density at radius 3 is 2.42 bits per heavy atom. The van der Waals surface area contributed by atoms with E-state index in [9.17, 15) is 18.0 Å². The van der Waals surface area contributed by atoms with Crippen LogP contribution in [0.1, 0.15) is 60.2 Å². The van der Waals surface area contributed by atoms with Crippen LogP contribution in [0.4, 0.5) is 13.2 Å². The minimum Gasteiger partial charge on any atom is -0.480 e. The molecule has 0 spiro atoms. The second-order valence-electron chi connectivity index (χ2n) is 12.4. The maximum Gasteiger partial charge on any atom is 0.434 e. The molecular formula is C34H30F3N9O2. The van der Waals surface area contributed by atoms with Gasteiger partial charge in [-0.25, -0.2) is 24.9 Å². The third-order valence-corrected chi connectivity index (χ3v) is 8.94. The Morgan fingerprint density at radius 2 is 1.77 bits per heavy atom. The Kier molecular flexibility index (Phi) is 6.93. The molecular weight excluding hydrogens is 623 g/mol. The number of methoxy groups -OCH3 is 1. The van der Waals surface area contributed by atoms with Crippen molar-refractivity contribution in [2.24, 2.45) is 7.05 Å². The maximum absolute atomic E-state index is 14.4. The molecule has 2 fully saturated rings. The molecule has 0 bridgehead atoms. The van der Waals surface area contributed by atoms with Crippen LogP contribution in [0, 0.1) is 6.92 Å². The maximum atomic E-state index is 14.4. The number of benzene rings is 1. The quantitative estimate of drug-likeness (QED) is 0.193. The summed E-state index contributed by atoms with van der Waals surface area (Å²) in [5, 5.41) is 4.98. The molecule has 14 heteroatoms. The van der Waals surface area contributed by atoms with Crippen molar-refractivity contribution >= 4 is 11.0 Å². The number of fused-ring (bicyclic) bond motifs is 1. The number of ether oxygens (including phenoxy) is 1. The van der Waals surface area contributed by atoms with E-state index in [0.717, 1.165) is 48.7 Å². The summed E-state index contributed by atoms with van der Waals surface area (Å²) in [6, 6.07) is 8.88. The van der Waals surface area contributed by atoms with Crippen molar-refractivity contribution in [2.75, 3.05) is 7.11 Å². The zero-order valence-corrected chi connectivity index (χ0v) is 26.4. The van der Waals surface area contributed by atoms with Crippen LogP contribution in [-0.2, 0) is 19.8 Å². The number of halogens is 3. The molecule has 0 unspecified atom stereocenters. The minimum atomic E-state index is -4.54. The van der Waals surface area contributed by atoms with E-state index in [0.29, 0.717) is 45.1 Å². The van der Waals surface area contributed by atoms with Gasteiger partial charge in [-0.1, -0.05) is 24.3 Å². The van der Waals surface area contributed by atoms with Gasteiger partial charge >= 0.3 is 6.18 Å². The molecule has 244 valence electrons. The number of aromatic nitrogens is 9. The summed E-state index contributed by atoms with van der Waals surface area (Å²) in [5.74, 6) is 1.24. The van der Waals surface area contributed by atoms with Gasteiger partial charge in [-0.3, -0.25) is 14.0 Å². The monoisotopic (exact) mass is 653 g/mol. The fraction of sp³-hybridized carbons (Fsp3) is 0.324. The topological polar surface area (TPSA) is 118 Å². The van der Waals surface area contributed by atoms with Gasteiger partial charge < -0.3 is 9.30 Å². The lowest BCUT2D eigenvalue weighted by atomic mass is 10.1. The molecule has 48 heavy (non-hydrogen) atoms. The Hall–Kier alpha value is -5.40. The highest BCUT2D eigenvalue weighted by Crippen LogP contribution is 2.45. The normalized spacial score (nSPS) is 15.0. The lowest BCUT2D eigenvalue weighted by molar-refractivity contribution is -0.140. The molecule has 1 aromatic carbocycles. The van der Waals surface area contributed by atoms with Crippen molar-refractivity contribution in [1.82, 2.24) is 43.8 Å². The van der Waals surface area contributed by atoms with Crippen molar-refractivity contribution in [3.05, 3.63) is 88.1 Å². The van der Waals surface area contributed by atoms with Gasteiger partial charge in [-0.05, 0) is 49.8 Å². The molecule has 0 radical (unpaired) electrons. The first-order chi connectivity index (χ1) is 23.1. The van der Waals surface area contributed by atoms with Crippen LogP contribution >= 0.6 is 0 Å². The fourth-order valence-electron chi connectivity index (χ4n) is 6.26. The average Bonchev–Trinajstić information content (AvgIpc) is 4.02. The van der Waals surface area contributed by atoms with Crippen molar-refractivity contribution in [3.63, 3.8) is 0 Å². The molecule has 0 amide bonds. The minimum absolute atomic E-state index is 0.00867. The molecule has 0 N–H and O–H groups in total. The van der Waals surface area contributed by atoms with Crippen molar-refractivity contribution in [3.8, 4) is 39.9 Å². The number of pyridine rings is 1. The lowest BCUT2D eigenvalue weighted by Gasteiger charge is -2.15. The summed E-state index contributed by atoms with van der Waals surface area (Å²) < 4.78 is 51.1. The van der Waals surface area contributed by atoms with Gasteiger partial charge in [-0.2, -0.15) is 18.3 Å². The van der Waals surface area contributed by atoms with Crippen LogP contribution in [0.5, 0.6) is 5.88 Å². The van der Waals surface area contributed by atoms with E-state index >= 15 is 0 Å². The Balaban J connectivity index is 1.25. The van der Waals surface area contributed by atoms with E-state index in [1.54, 1.807) is 63.6 Å². The largest absolute Gasteiger partial charge is 0.480 e. The van der Waals surface area contributed by atoms with Gasteiger partial charge in [0, 0.05) is 42.4 Å². The van der Waals surface area contributed by atoms with E-state index in [2.05, 4.69) is 20.1 Å². The zero-order chi connectivity index (χ0) is 33.3. The summed E-state index contributed by atoms with van der Waals surface area (Å²) >= 11 is 0. The van der Waals surface area contributed by atoms with E-state index in [1.807, 2.05) is 6.92 Å². The number of rotatable bonds is 8. The molecule has 6 aromatic rings. The first kappa shape index (κ1) is 30.0. The van der Waals surface area contributed by atoms with Crippen molar-refractivity contribution < 1.29 is 17.9 Å². The second kappa shape index (κ2) is 11.1. The summed E-state index contributed by atoms with van der Waals surface area (Å²) in [6.45, 7) is 2.03. The average molecular weight is 654 g/mol. The third-order valence-electron chi connectivity index (χ3n) is 8.94. The fourth-order valence-corrected chi connectivity index (χ4v) is 6.26. The van der Waals surface area contributed by atoms with Crippen LogP contribution < -0.4 is 10.3 Å². The Morgan fingerprint density at radius 1 is 1.00 bits per heavy atom. The molecule has 0 aliphatic heterocycles. The SMILES string of the molecule is COc1ncnc(C2CC2)c1-c1ncc2cc(-c3c(C)cnn3C)c(=O)n(Cc3ccc(-c4nc(C(F)(F)F)cn4C4CC4)cc3)c2n1. The van der Waals surface area contributed by atoms with E-state index in [-0.39, 0.29) is 29.9 Å². The first-order valence-electron chi connectivity index (χ1n) is 15.6. The molecule has 2 saturated carbocycles. The summed E-state index contributed by atoms with van der Waals surface area (Å²) in [6.07, 6.45) is 5.04. The number of aryl methyl sites for hydroxylation is 2. The van der Waals surface area contributed by atoms with Gasteiger partial charge in [0.05, 0.1) is 36.8 Å². The lowest BCUT2D eigenvalue weighted by Crippen LogP contribution is -2.24. The highest BCUT2D eigenvalue weighted by molar-refractivity contribution is 5.83. The van der Waals surface area contributed by atoms with Crippen LogP contribution in [-0.4, -0.2) is 50.9 Å². The number of alkyl halides is 3. The molecule has 2 aliphatic carbocycles. The molecule has 2 aliphatic rings. The summed E-state index contributed by atoms with van der Waals surface area (Å²) in [7, 11) is 3.32. The Labute approximate surface area is 272 Å². The number of imidazole rings is 1. The second-order valence-corrected chi connectivity index (χ2v) is 12.4. The number of hydrogen-bond donors (Lipinski definition) is 0. The molecule has 8 rings (SSSR count). The molecule has 0 atom stereocenters. The van der Waals surface area contributed by atoms with Crippen molar-refractivity contribution in [1.29, 1.82) is 0 Å². The molecule has 5 aromatic heterocycles. The highest BCUT2D eigenvalue weighted by atomic mass is 19.4. The van der Waals surface area contributed by atoms with Gasteiger partial charge in [0.1, 0.15) is 23.4 Å². The van der Waals surface area contributed by atoms with Crippen molar-refractivity contribution in [2.45, 2.75) is 57.3 Å². The van der Waals surface area contributed by atoms with Crippen LogP contribution in [0.2, 0.25) is 0 Å². The standard InChI is InChI=1S/C34H30F3N9O2/c1-18-13-41-44(2)28(18)24-12-22-14-38-29(26-27(20-8-9-20)39-17-40-32(26)48-3)43-31(22)46(33(24)47)15-19-4-6-21(7-5-19)30-42-25(34(35,36)37)16-45(30)23-10-11-23/h4-7,12-14,16-17,20,23H,8-11,15H2,1-3H3. The predicted molar refractivity (Wildman–Crippen MR) is 170 cm³/mol. The molecule has 11 nitrogen and oxygen atoms in total. The van der Waals surface area contributed by atoms with Gasteiger partial charge in [0.15, 0.2) is 11.5 Å². The van der Waals surface area contributed by atoms with Gasteiger partial charge in [0.2, 0.25) is 5.88 Å². The van der Waals surface area contributed by atoms with E-state index in [1.165, 1.54) is 13.4 Å². The number of hydrogen-bond acceptors (Lipinski definition) is 8. The third kappa shape index (κ3) is 5.20. The number of nitrogens with zero attached hydrogens (tertiary/aromatic N) is 9. The predicted octanol–water partition coefficient (Wildman–Crippen LogP) is 6.11. The van der Waals surface area contributed by atoms with E-state index in [4.69, 9.17) is 14.7 Å². The molecule has 5 heterocycles. The first-order valence-corrected chi connectivity index (χ1v) is 15.6. The van der Waals surface area contributed by atoms with E-state index < -0.39 is 11.9 Å². The van der Waals surface area contributed by atoms with Crippen LogP contribution in [0.3, 0.4) is 0 Å². The van der Waals surface area contributed by atoms with Gasteiger partial charge in [-0.15, -0.1) is 0 Å². The Bertz CT molecular complexity index is 2240. The summed E-state index contributed by atoms with van der Waals surface area (Å²) in [5.41, 5.74) is 3.91. The van der Waals surface area contributed by atoms with Gasteiger partial charge in [0.25, 0.3) is 5.56 Å². The molecule has 0 saturated heterocycles. The van der Waals surface area contributed by atoms with Crippen LogP contribution in [0.25, 0.3) is 45.1 Å².